The van der Waals surface area contributed by atoms with Gasteiger partial charge in [0.25, 0.3) is 5.91 Å². The summed E-state index contributed by atoms with van der Waals surface area (Å²) in [7, 11) is 0. The Morgan fingerprint density at radius 3 is 2.09 bits per heavy atom. The van der Waals surface area contributed by atoms with E-state index in [1.54, 1.807) is 24.3 Å². The molecule has 3 N–H and O–H groups in total. The number of ether oxygens (including phenoxy) is 1. The Labute approximate surface area is 204 Å². The van der Waals surface area contributed by atoms with Gasteiger partial charge in [0.05, 0.1) is 0 Å². The Hall–Kier alpha value is -4.13. The minimum absolute atomic E-state index is 0.00622. The lowest BCUT2D eigenvalue weighted by Crippen LogP contribution is -2.40. The van der Waals surface area contributed by atoms with Crippen molar-refractivity contribution in [3.05, 3.63) is 95.1 Å². The highest BCUT2D eigenvalue weighted by Gasteiger charge is 2.29. The van der Waals surface area contributed by atoms with Crippen molar-refractivity contribution in [2.75, 3.05) is 6.61 Å². The SMILES string of the molecule is CCC[C@@H](NC(=O)c1ccc(CNC(=O)OCC2c3ccccc3-c3ccccc32)cc1)C(=O)O. The van der Waals surface area contributed by atoms with Crippen molar-refractivity contribution < 1.29 is 24.2 Å². The van der Waals surface area contributed by atoms with Gasteiger partial charge < -0.3 is 20.5 Å². The van der Waals surface area contributed by atoms with Gasteiger partial charge in [-0.15, -0.1) is 0 Å². The van der Waals surface area contributed by atoms with Crippen LogP contribution in [0.5, 0.6) is 0 Å². The largest absolute Gasteiger partial charge is 0.480 e. The fourth-order valence-electron chi connectivity index (χ4n) is 4.39. The first-order chi connectivity index (χ1) is 17.0. The van der Waals surface area contributed by atoms with Crippen LogP contribution in [0.4, 0.5) is 4.79 Å². The summed E-state index contributed by atoms with van der Waals surface area (Å²) in [5.74, 6) is -1.50. The lowest BCUT2D eigenvalue weighted by molar-refractivity contribution is -0.139. The fourth-order valence-corrected chi connectivity index (χ4v) is 4.39. The van der Waals surface area contributed by atoms with E-state index in [1.165, 1.54) is 11.1 Å². The number of carboxylic acid groups (broad SMARTS) is 1. The highest BCUT2D eigenvalue weighted by atomic mass is 16.5. The summed E-state index contributed by atoms with van der Waals surface area (Å²) in [5.41, 5.74) is 5.80. The zero-order valence-electron chi connectivity index (χ0n) is 19.5. The number of hydrogen-bond donors (Lipinski definition) is 3. The number of hydrogen-bond acceptors (Lipinski definition) is 4. The summed E-state index contributed by atoms with van der Waals surface area (Å²) in [5, 5.41) is 14.5. The quantitative estimate of drug-likeness (QED) is 0.418. The minimum atomic E-state index is -1.05. The standard InChI is InChI=1S/C28H28N2O5/c1-2-7-25(27(32)33)30-26(31)19-14-12-18(13-15-19)16-29-28(34)35-17-24-22-10-5-3-8-20(22)21-9-4-6-11-23(21)24/h3-6,8-15,24-25H,2,7,16-17H2,1H3,(H,29,34)(H,30,31)(H,32,33)/t25-/m1/s1. The average molecular weight is 473 g/mol. The van der Waals surface area contributed by atoms with Gasteiger partial charge in [-0.2, -0.15) is 0 Å². The lowest BCUT2D eigenvalue weighted by Gasteiger charge is -2.15. The van der Waals surface area contributed by atoms with Crippen molar-refractivity contribution in [2.45, 2.75) is 38.3 Å². The molecule has 0 aromatic heterocycles. The molecule has 0 aliphatic heterocycles. The first-order valence-corrected chi connectivity index (χ1v) is 11.7. The van der Waals surface area contributed by atoms with E-state index in [4.69, 9.17) is 4.74 Å². The van der Waals surface area contributed by atoms with Crippen molar-refractivity contribution in [2.24, 2.45) is 0 Å². The molecule has 0 bridgehead atoms. The van der Waals surface area contributed by atoms with Crippen LogP contribution in [0.1, 0.15) is 52.7 Å². The van der Waals surface area contributed by atoms with E-state index in [9.17, 15) is 19.5 Å². The number of fused-ring (bicyclic) bond motifs is 3. The van der Waals surface area contributed by atoms with Gasteiger partial charge in [0.2, 0.25) is 0 Å². The molecule has 0 unspecified atom stereocenters. The summed E-state index contributed by atoms with van der Waals surface area (Å²) in [4.78, 5) is 36.0. The Bertz CT molecular complexity index is 1180. The highest BCUT2D eigenvalue weighted by molar-refractivity contribution is 5.96. The van der Waals surface area contributed by atoms with E-state index in [0.717, 1.165) is 16.7 Å². The molecule has 1 aliphatic rings. The average Bonchev–Trinajstić information content (AvgIpc) is 3.20. The number of benzene rings is 3. The van der Waals surface area contributed by atoms with Gasteiger partial charge in [0.15, 0.2) is 0 Å². The Morgan fingerprint density at radius 1 is 0.914 bits per heavy atom. The molecule has 7 nitrogen and oxygen atoms in total. The zero-order valence-corrected chi connectivity index (χ0v) is 19.5. The van der Waals surface area contributed by atoms with Crippen LogP contribution in [0.2, 0.25) is 0 Å². The highest BCUT2D eigenvalue weighted by Crippen LogP contribution is 2.44. The van der Waals surface area contributed by atoms with Gasteiger partial charge in [-0.25, -0.2) is 9.59 Å². The van der Waals surface area contributed by atoms with Crippen molar-refractivity contribution >= 4 is 18.0 Å². The second kappa shape index (κ2) is 10.9. The number of nitrogens with one attached hydrogen (secondary N) is 2. The molecule has 35 heavy (non-hydrogen) atoms. The van der Waals surface area contributed by atoms with Crippen LogP contribution in [0.15, 0.2) is 72.8 Å². The van der Waals surface area contributed by atoms with E-state index < -0.39 is 24.0 Å². The normalized spacial score (nSPS) is 12.8. The first kappa shape index (κ1) is 24.0. The number of carboxylic acids is 1. The van der Waals surface area contributed by atoms with Crippen LogP contribution in [-0.4, -0.2) is 35.7 Å². The zero-order chi connectivity index (χ0) is 24.8. The van der Waals surface area contributed by atoms with Gasteiger partial charge in [-0.3, -0.25) is 4.79 Å². The monoisotopic (exact) mass is 472 g/mol. The molecule has 4 rings (SSSR count). The molecule has 7 heteroatoms. The molecule has 3 aromatic rings. The molecule has 1 atom stereocenters. The molecule has 3 aromatic carbocycles. The maximum absolute atomic E-state index is 12.4. The summed E-state index contributed by atoms with van der Waals surface area (Å²) >= 11 is 0. The van der Waals surface area contributed by atoms with Gasteiger partial charge >= 0.3 is 12.1 Å². The van der Waals surface area contributed by atoms with Crippen LogP contribution >= 0.6 is 0 Å². The van der Waals surface area contributed by atoms with E-state index in [1.807, 2.05) is 31.2 Å². The van der Waals surface area contributed by atoms with Gasteiger partial charge in [0.1, 0.15) is 12.6 Å². The first-order valence-electron chi connectivity index (χ1n) is 11.7. The molecular weight excluding hydrogens is 444 g/mol. The van der Waals surface area contributed by atoms with E-state index in [-0.39, 0.29) is 19.1 Å². The summed E-state index contributed by atoms with van der Waals surface area (Å²) in [6.45, 7) is 2.34. The molecule has 1 aliphatic carbocycles. The molecular formula is C28H28N2O5. The maximum atomic E-state index is 12.4. The number of carbonyl (C=O) groups excluding carboxylic acids is 2. The van der Waals surface area contributed by atoms with E-state index in [2.05, 4.69) is 34.9 Å². The van der Waals surface area contributed by atoms with E-state index >= 15 is 0 Å². The maximum Gasteiger partial charge on any atom is 0.407 e. The number of carbonyl (C=O) groups is 3. The Morgan fingerprint density at radius 2 is 1.51 bits per heavy atom. The van der Waals surface area contributed by atoms with Crippen LogP contribution in [0, 0.1) is 0 Å². The van der Waals surface area contributed by atoms with Crippen LogP contribution < -0.4 is 10.6 Å². The topological polar surface area (TPSA) is 105 Å². The van der Waals surface area contributed by atoms with Gasteiger partial charge in [0, 0.05) is 18.0 Å². The Kier molecular flexibility index (Phi) is 7.45. The fraction of sp³-hybridized carbons (Fsp3) is 0.250. The van der Waals surface area contributed by atoms with Crippen LogP contribution in [0.3, 0.4) is 0 Å². The molecule has 0 fully saturated rings. The van der Waals surface area contributed by atoms with Crippen molar-refractivity contribution in [3.8, 4) is 11.1 Å². The minimum Gasteiger partial charge on any atom is -0.480 e. The smallest absolute Gasteiger partial charge is 0.407 e. The summed E-state index contributed by atoms with van der Waals surface area (Å²) in [6.07, 6.45) is 0.499. The second-order valence-electron chi connectivity index (χ2n) is 8.53. The van der Waals surface area contributed by atoms with E-state index in [0.29, 0.717) is 18.4 Å². The van der Waals surface area contributed by atoms with Crippen LogP contribution in [-0.2, 0) is 16.1 Å². The Balaban J connectivity index is 1.30. The third kappa shape index (κ3) is 5.51. The molecule has 0 heterocycles. The number of aliphatic carboxylic acids is 1. The van der Waals surface area contributed by atoms with Crippen molar-refractivity contribution in [3.63, 3.8) is 0 Å². The van der Waals surface area contributed by atoms with Gasteiger partial charge in [-0.05, 0) is 46.4 Å². The molecule has 2 amide bonds. The lowest BCUT2D eigenvalue weighted by atomic mass is 9.98. The number of alkyl carbamates (subject to hydrolysis) is 1. The molecule has 180 valence electrons. The number of amides is 2. The molecule has 0 saturated heterocycles. The van der Waals surface area contributed by atoms with Gasteiger partial charge in [-0.1, -0.05) is 74.0 Å². The number of rotatable bonds is 9. The second-order valence-corrected chi connectivity index (χ2v) is 8.53. The third-order valence-corrected chi connectivity index (χ3v) is 6.18. The predicted octanol–water partition coefficient (Wildman–Crippen LogP) is 4.71. The third-order valence-electron chi connectivity index (χ3n) is 6.18. The molecule has 0 radical (unpaired) electrons. The predicted molar refractivity (Wildman–Crippen MR) is 132 cm³/mol. The van der Waals surface area contributed by atoms with Crippen molar-refractivity contribution in [1.29, 1.82) is 0 Å². The summed E-state index contributed by atoms with van der Waals surface area (Å²) in [6, 6.07) is 22.1. The van der Waals surface area contributed by atoms with Crippen molar-refractivity contribution in [1.82, 2.24) is 10.6 Å². The molecule has 0 spiro atoms. The van der Waals surface area contributed by atoms with Crippen LogP contribution in [0.25, 0.3) is 11.1 Å². The molecule has 0 saturated carbocycles. The summed E-state index contributed by atoms with van der Waals surface area (Å²) < 4.78 is 5.54.